The van der Waals surface area contributed by atoms with Crippen molar-refractivity contribution in [2.75, 3.05) is 5.32 Å². The van der Waals surface area contributed by atoms with Crippen molar-refractivity contribution in [3.63, 3.8) is 0 Å². The van der Waals surface area contributed by atoms with E-state index in [4.69, 9.17) is 9.90 Å². The Hall–Kier alpha value is -4.80. The number of benzene rings is 2. The summed E-state index contributed by atoms with van der Waals surface area (Å²) in [6.07, 6.45) is -8.01. The van der Waals surface area contributed by atoms with Gasteiger partial charge in [0.05, 0.1) is 16.0 Å². The average molecular weight is 663 g/mol. The zero-order valence-corrected chi connectivity index (χ0v) is 23.1. The molecule has 0 aliphatic carbocycles. The summed E-state index contributed by atoms with van der Waals surface area (Å²) in [6.45, 7) is 1.82. The number of pyridine rings is 1. The van der Waals surface area contributed by atoms with E-state index in [1.807, 2.05) is 6.92 Å². The molecule has 0 bridgehead atoms. The number of carbonyl (C=O) groups is 3. The van der Waals surface area contributed by atoms with E-state index in [0.29, 0.717) is 30.2 Å². The molecule has 242 valence electrons. The molecule has 2 heterocycles. The Morgan fingerprint density at radius 1 is 0.956 bits per heavy atom. The summed E-state index contributed by atoms with van der Waals surface area (Å²) in [6, 6.07) is 10.6. The number of fused-ring (bicyclic) bond motifs is 1. The Kier molecular flexibility index (Phi) is 12.0. The fourth-order valence-corrected chi connectivity index (χ4v) is 4.42. The number of carboxylic acids is 2. The predicted octanol–water partition coefficient (Wildman–Crippen LogP) is 7.51. The molecular formula is C28H25F7N4O5S. The van der Waals surface area contributed by atoms with E-state index < -0.39 is 47.6 Å². The highest BCUT2D eigenvalue weighted by atomic mass is 32.1. The molecule has 0 aliphatic rings. The Morgan fingerprint density at radius 3 is 2.07 bits per heavy atom. The van der Waals surface area contributed by atoms with E-state index in [0.717, 1.165) is 17.4 Å². The van der Waals surface area contributed by atoms with Gasteiger partial charge in [-0.1, -0.05) is 50.3 Å². The van der Waals surface area contributed by atoms with Crippen LogP contribution in [-0.2, 0) is 15.8 Å². The Bertz CT molecular complexity index is 1660. The lowest BCUT2D eigenvalue weighted by Gasteiger charge is -2.13. The number of aromatic nitrogens is 2. The zero-order valence-electron chi connectivity index (χ0n) is 22.3. The fraction of sp³-hybridized carbons (Fsp3) is 0.250. The van der Waals surface area contributed by atoms with Crippen molar-refractivity contribution in [3.05, 3.63) is 71.7 Å². The van der Waals surface area contributed by atoms with Crippen molar-refractivity contribution in [2.24, 2.45) is 0 Å². The van der Waals surface area contributed by atoms with Gasteiger partial charge < -0.3 is 20.8 Å². The van der Waals surface area contributed by atoms with Crippen LogP contribution in [0.4, 0.5) is 41.6 Å². The molecule has 4 N–H and O–H groups in total. The van der Waals surface area contributed by atoms with Crippen LogP contribution in [0.15, 0.2) is 54.7 Å². The van der Waals surface area contributed by atoms with E-state index in [1.165, 1.54) is 24.3 Å². The van der Waals surface area contributed by atoms with Gasteiger partial charge in [-0.2, -0.15) is 31.3 Å². The minimum atomic E-state index is -5.08. The third-order valence-electron chi connectivity index (χ3n) is 5.69. The normalized spacial score (nSPS) is 11.9. The van der Waals surface area contributed by atoms with Gasteiger partial charge in [0.1, 0.15) is 11.9 Å². The number of alkyl halides is 6. The Labute approximate surface area is 254 Å². The first kappa shape index (κ1) is 36.4. The van der Waals surface area contributed by atoms with Gasteiger partial charge in [0.2, 0.25) is 0 Å². The average Bonchev–Trinajstić information content (AvgIpc) is 3.35. The molecule has 1 atom stereocenters. The van der Waals surface area contributed by atoms with Crippen LogP contribution < -0.4 is 10.6 Å². The Balaban J connectivity index is 0.000000791. The lowest BCUT2D eigenvalue weighted by Crippen LogP contribution is -2.40. The maximum atomic E-state index is 14.8. The summed E-state index contributed by atoms with van der Waals surface area (Å²) in [7, 11) is 0. The summed E-state index contributed by atoms with van der Waals surface area (Å²) in [5.41, 5.74) is 0.704. The van der Waals surface area contributed by atoms with Gasteiger partial charge >= 0.3 is 24.3 Å². The second kappa shape index (κ2) is 14.8. The highest BCUT2D eigenvalue weighted by molar-refractivity contribution is 7.22. The summed E-state index contributed by atoms with van der Waals surface area (Å²) in [4.78, 5) is 40.4. The number of halogens is 7. The van der Waals surface area contributed by atoms with Crippen molar-refractivity contribution < 1.29 is 55.3 Å². The van der Waals surface area contributed by atoms with E-state index in [1.54, 1.807) is 18.2 Å². The highest BCUT2D eigenvalue weighted by Crippen LogP contribution is 2.34. The molecule has 0 aliphatic heterocycles. The topological polar surface area (TPSA) is 142 Å². The van der Waals surface area contributed by atoms with Crippen LogP contribution in [0.2, 0.25) is 0 Å². The number of nitrogens with one attached hydrogen (secondary N) is 2. The molecule has 0 fully saturated rings. The first-order valence-electron chi connectivity index (χ1n) is 12.3. The Morgan fingerprint density at radius 2 is 1.56 bits per heavy atom. The molecule has 0 radical (unpaired) electrons. The van der Waals surface area contributed by atoms with Gasteiger partial charge in [-0.3, -0.25) is 4.79 Å². The number of anilines is 2. The maximum absolute atomic E-state index is 14.8. The molecule has 4 rings (SSSR count). The second-order valence-corrected chi connectivity index (χ2v) is 9.95. The molecule has 9 nitrogen and oxygen atoms in total. The number of nitrogens with zero attached hydrogens (tertiary/aromatic N) is 2. The summed E-state index contributed by atoms with van der Waals surface area (Å²) >= 11 is 0.919. The number of rotatable bonds is 8. The number of aliphatic carboxylic acids is 2. The van der Waals surface area contributed by atoms with Crippen molar-refractivity contribution in [3.8, 4) is 11.1 Å². The van der Waals surface area contributed by atoms with Crippen molar-refractivity contribution >= 4 is 50.3 Å². The van der Waals surface area contributed by atoms with Crippen LogP contribution in [0, 0.1) is 5.82 Å². The number of carbonyl (C=O) groups excluding carboxylic acids is 1. The minimum Gasteiger partial charge on any atom is -0.480 e. The highest BCUT2D eigenvalue weighted by Gasteiger charge is 2.38. The summed E-state index contributed by atoms with van der Waals surface area (Å²) in [5, 5.41) is 21.8. The summed E-state index contributed by atoms with van der Waals surface area (Å²) < 4.78 is 85.5. The lowest BCUT2D eigenvalue weighted by atomic mass is 10.0. The van der Waals surface area contributed by atoms with Crippen LogP contribution in [0.5, 0.6) is 0 Å². The number of thiazole rings is 1. The molecule has 45 heavy (non-hydrogen) atoms. The van der Waals surface area contributed by atoms with E-state index in [-0.39, 0.29) is 34.2 Å². The zero-order chi connectivity index (χ0) is 32.8. The van der Waals surface area contributed by atoms with Crippen LogP contribution >= 0.6 is 11.3 Å². The number of amides is 1. The second-order valence-electron chi connectivity index (χ2n) is 8.92. The fourth-order valence-electron chi connectivity index (χ4n) is 3.54. The van der Waals surface area contributed by atoms with Gasteiger partial charge in [-0.15, -0.1) is 0 Å². The SMILES string of the molecule is C.CCC[C@H](NC(=O)c1ccc(-c2ccc(Nc3nc4ncc(C(F)(F)F)cc4s3)c(F)c2)cc1)C(=O)O.O=C(O)C(F)(F)F. The first-order valence-corrected chi connectivity index (χ1v) is 13.2. The van der Waals surface area contributed by atoms with Gasteiger partial charge in [0.15, 0.2) is 10.8 Å². The predicted molar refractivity (Wildman–Crippen MR) is 152 cm³/mol. The van der Waals surface area contributed by atoms with E-state index >= 15 is 0 Å². The third-order valence-corrected chi connectivity index (χ3v) is 6.60. The molecule has 0 spiro atoms. The van der Waals surface area contributed by atoms with Gasteiger partial charge in [0, 0.05) is 11.8 Å². The van der Waals surface area contributed by atoms with Crippen molar-refractivity contribution in [2.45, 2.75) is 45.6 Å². The van der Waals surface area contributed by atoms with Crippen LogP contribution in [0.25, 0.3) is 21.5 Å². The number of carboxylic acid groups (broad SMARTS) is 2. The van der Waals surface area contributed by atoms with Crippen LogP contribution in [-0.4, -0.2) is 50.2 Å². The van der Waals surface area contributed by atoms with Crippen molar-refractivity contribution in [1.29, 1.82) is 0 Å². The van der Waals surface area contributed by atoms with Crippen LogP contribution in [0.1, 0.15) is 43.1 Å². The largest absolute Gasteiger partial charge is 0.490 e. The molecule has 2 aromatic heterocycles. The molecule has 1 amide bonds. The van der Waals surface area contributed by atoms with E-state index in [2.05, 4.69) is 20.6 Å². The quantitative estimate of drug-likeness (QED) is 0.142. The molecule has 4 aromatic rings. The molecule has 0 saturated heterocycles. The molecule has 0 unspecified atom stereocenters. The number of hydrogen-bond acceptors (Lipinski definition) is 7. The van der Waals surface area contributed by atoms with Gasteiger partial charge in [-0.05, 0) is 47.9 Å². The van der Waals surface area contributed by atoms with E-state index in [9.17, 15) is 45.4 Å². The van der Waals surface area contributed by atoms with Crippen LogP contribution in [0.3, 0.4) is 0 Å². The minimum absolute atomic E-state index is 0. The molecule has 2 aromatic carbocycles. The van der Waals surface area contributed by atoms with Gasteiger partial charge in [-0.25, -0.2) is 19.0 Å². The monoisotopic (exact) mass is 662 g/mol. The van der Waals surface area contributed by atoms with Gasteiger partial charge in [0.25, 0.3) is 5.91 Å². The maximum Gasteiger partial charge on any atom is 0.490 e. The molecule has 0 saturated carbocycles. The summed E-state index contributed by atoms with van der Waals surface area (Å²) in [5.74, 6) is -5.01. The first-order chi connectivity index (χ1) is 20.5. The number of hydrogen-bond donors (Lipinski definition) is 4. The third kappa shape index (κ3) is 9.85. The molecule has 17 heteroatoms. The standard InChI is InChI=1S/C25H20F4N4O3S.C2HF3O2.CH4/c1-2-3-19(23(35)36)31-22(34)14-6-4-13(5-7-14)15-8-9-18(17(26)10-15)32-24-33-21-20(37-24)11-16(12-30-21)25(27,28)29;3-2(4,5)1(6)7;/h4-12,19H,2-3H2,1H3,(H,31,34)(H,35,36)(H,30,32,33);(H,6,7);1H4/t19-;;/m0../s1. The smallest absolute Gasteiger partial charge is 0.480 e. The molecular weight excluding hydrogens is 637 g/mol. The lowest BCUT2D eigenvalue weighted by molar-refractivity contribution is -0.192. The van der Waals surface area contributed by atoms with Crippen molar-refractivity contribution in [1.82, 2.24) is 15.3 Å².